The van der Waals surface area contributed by atoms with Crippen LogP contribution >= 0.6 is 11.3 Å². The zero-order valence-electron chi connectivity index (χ0n) is 14.7. The number of ether oxygens (including phenoxy) is 2. The lowest BCUT2D eigenvalue weighted by molar-refractivity contribution is 0.181. The average molecular weight is 384 g/mol. The van der Waals surface area contributed by atoms with E-state index in [9.17, 15) is 4.79 Å². The first-order valence-electron chi connectivity index (χ1n) is 8.16. The molecule has 0 bridgehead atoms. The molecule has 138 valence electrons. The Balaban J connectivity index is 1.58. The van der Waals surface area contributed by atoms with Crippen LogP contribution in [0.2, 0.25) is 0 Å². The van der Waals surface area contributed by atoms with Crippen molar-refractivity contribution in [3.8, 4) is 16.5 Å². The predicted molar refractivity (Wildman–Crippen MR) is 101 cm³/mol. The molecule has 0 atom stereocenters. The first-order valence-corrected chi connectivity index (χ1v) is 8.98. The van der Waals surface area contributed by atoms with Gasteiger partial charge in [-0.15, -0.1) is 0 Å². The minimum atomic E-state index is -0.368. The third kappa shape index (κ3) is 3.51. The van der Waals surface area contributed by atoms with E-state index in [1.807, 2.05) is 19.1 Å². The number of amides is 1. The first kappa shape index (κ1) is 17.2. The summed E-state index contributed by atoms with van der Waals surface area (Å²) in [5, 5.41) is 3.72. The Morgan fingerprint density at radius 2 is 2.15 bits per heavy atom. The fourth-order valence-corrected chi connectivity index (χ4v) is 3.60. The van der Waals surface area contributed by atoms with Gasteiger partial charge in [-0.2, -0.15) is 0 Å². The fourth-order valence-electron chi connectivity index (χ4n) is 2.55. The van der Waals surface area contributed by atoms with Crippen LogP contribution in [0.3, 0.4) is 0 Å². The van der Waals surface area contributed by atoms with Gasteiger partial charge in [-0.25, -0.2) is 29.6 Å². The predicted octanol–water partition coefficient (Wildman–Crippen LogP) is 3.01. The molecule has 10 heteroatoms. The van der Waals surface area contributed by atoms with Crippen molar-refractivity contribution in [1.82, 2.24) is 19.9 Å². The monoisotopic (exact) mass is 384 g/mol. The highest BCUT2D eigenvalue weighted by molar-refractivity contribution is 7.19. The van der Waals surface area contributed by atoms with Crippen LogP contribution in [0, 0.1) is 6.92 Å². The summed E-state index contributed by atoms with van der Waals surface area (Å²) in [6.07, 6.45) is 2.95. The van der Waals surface area contributed by atoms with E-state index < -0.39 is 0 Å². The van der Waals surface area contributed by atoms with Crippen molar-refractivity contribution in [2.45, 2.75) is 6.92 Å². The highest BCUT2D eigenvalue weighted by atomic mass is 32.1. The van der Waals surface area contributed by atoms with Gasteiger partial charge in [0, 0.05) is 12.3 Å². The molecule has 1 amide bonds. The smallest absolute Gasteiger partial charge is 0.416 e. The molecule has 0 aromatic carbocycles. The molecule has 0 saturated carbocycles. The molecule has 1 saturated heterocycles. The molecular weight excluding hydrogens is 368 g/mol. The maximum absolute atomic E-state index is 11.8. The number of aryl methyl sites for hydroxylation is 1. The van der Waals surface area contributed by atoms with Crippen molar-refractivity contribution in [1.29, 1.82) is 0 Å². The molecule has 1 fully saturated rings. The molecule has 4 heterocycles. The Kier molecular flexibility index (Phi) is 4.55. The van der Waals surface area contributed by atoms with Crippen LogP contribution in [0.4, 0.5) is 21.6 Å². The quantitative estimate of drug-likeness (QED) is 0.716. The van der Waals surface area contributed by atoms with Crippen LogP contribution < -0.4 is 15.0 Å². The van der Waals surface area contributed by atoms with Crippen molar-refractivity contribution in [3.63, 3.8) is 0 Å². The highest BCUT2D eigenvalue weighted by Gasteiger charge is 2.27. The van der Waals surface area contributed by atoms with E-state index >= 15 is 0 Å². The fraction of sp³-hybridized carbons (Fsp3) is 0.235. The van der Waals surface area contributed by atoms with Crippen LogP contribution in [0.1, 0.15) is 5.69 Å². The van der Waals surface area contributed by atoms with E-state index in [0.29, 0.717) is 30.1 Å². The zero-order chi connectivity index (χ0) is 18.8. The highest BCUT2D eigenvalue weighted by Crippen LogP contribution is 2.34. The third-order valence-corrected chi connectivity index (χ3v) is 5.07. The van der Waals surface area contributed by atoms with Gasteiger partial charge in [0.05, 0.1) is 41.8 Å². The number of pyridine rings is 1. The van der Waals surface area contributed by atoms with Crippen LogP contribution in [-0.2, 0) is 4.74 Å². The zero-order valence-corrected chi connectivity index (χ0v) is 15.5. The lowest BCUT2D eigenvalue weighted by Crippen LogP contribution is -2.22. The van der Waals surface area contributed by atoms with Crippen LogP contribution in [-0.4, -0.2) is 46.3 Å². The van der Waals surface area contributed by atoms with Gasteiger partial charge in [0.2, 0.25) is 11.8 Å². The molecule has 1 aliphatic heterocycles. The Bertz CT molecular complexity index is 975. The second-order valence-electron chi connectivity index (χ2n) is 5.66. The SMILES string of the molecule is COc1ccc(Nc2nccc(-c3sc(N4CCOC4=O)nc3C)n2)cn1. The second kappa shape index (κ2) is 7.16. The molecule has 3 aromatic heterocycles. The number of anilines is 3. The summed E-state index contributed by atoms with van der Waals surface area (Å²) >= 11 is 1.40. The Labute approximate surface area is 159 Å². The van der Waals surface area contributed by atoms with Gasteiger partial charge in [-0.05, 0) is 19.1 Å². The van der Waals surface area contributed by atoms with Crippen LogP contribution in [0.5, 0.6) is 5.88 Å². The molecule has 3 aromatic rings. The normalized spacial score (nSPS) is 13.6. The number of cyclic esters (lactones) is 1. The minimum absolute atomic E-state index is 0.368. The number of carbonyl (C=O) groups excluding carboxylic acids is 1. The Hall–Kier alpha value is -3.27. The van der Waals surface area contributed by atoms with Crippen LogP contribution in [0.25, 0.3) is 10.6 Å². The van der Waals surface area contributed by atoms with E-state index in [2.05, 4.69) is 25.3 Å². The lowest BCUT2D eigenvalue weighted by Gasteiger charge is -2.07. The number of aromatic nitrogens is 4. The summed E-state index contributed by atoms with van der Waals surface area (Å²) in [5.41, 5.74) is 2.27. The number of nitrogens with zero attached hydrogens (tertiary/aromatic N) is 5. The molecular formula is C17H16N6O3S. The summed E-state index contributed by atoms with van der Waals surface area (Å²) in [6.45, 7) is 2.77. The lowest BCUT2D eigenvalue weighted by atomic mass is 10.3. The molecule has 0 radical (unpaired) electrons. The second-order valence-corrected chi connectivity index (χ2v) is 6.63. The number of methoxy groups -OCH3 is 1. The number of rotatable bonds is 5. The van der Waals surface area contributed by atoms with Gasteiger partial charge in [-0.3, -0.25) is 0 Å². The number of nitrogens with one attached hydrogen (secondary N) is 1. The topological polar surface area (TPSA) is 102 Å². The van der Waals surface area contributed by atoms with Crippen LogP contribution in [0.15, 0.2) is 30.6 Å². The van der Waals surface area contributed by atoms with Crippen molar-refractivity contribution >= 4 is 34.2 Å². The molecule has 0 spiro atoms. The summed E-state index contributed by atoms with van der Waals surface area (Å²) in [4.78, 5) is 31.6. The maximum Gasteiger partial charge on any atom is 0.416 e. The van der Waals surface area contributed by atoms with Gasteiger partial charge in [0.25, 0.3) is 0 Å². The number of hydrogen-bond donors (Lipinski definition) is 1. The Morgan fingerprint density at radius 1 is 1.26 bits per heavy atom. The first-order chi connectivity index (χ1) is 13.1. The van der Waals surface area contributed by atoms with E-state index in [0.717, 1.165) is 22.0 Å². The van der Waals surface area contributed by atoms with E-state index in [-0.39, 0.29) is 6.09 Å². The third-order valence-electron chi connectivity index (χ3n) is 3.87. The number of hydrogen-bond acceptors (Lipinski definition) is 9. The molecule has 27 heavy (non-hydrogen) atoms. The molecule has 1 N–H and O–H groups in total. The summed E-state index contributed by atoms with van der Waals surface area (Å²) < 4.78 is 10.0. The summed E-state index contributed by atoms with van der Waals surface area (Å²) in [7, 11) is 1.56. The summed E-state index contributed by atoms with van der Waals surface area (Å²) in [6, 6.07) is 5.39. The maximum atomic E-state index is 11.8. The van der Waals surface area contributed by atoms with Gasteiger partial charge in [0.1, 0.15) is 6.61 Å². The number of carbonyl (C=O) groups is 1. The molecule has 4 rings (SSSR count). The van der Waals surface area contributed by atoms with Crippen molar-refractivity contribution in [3.05, 3.63) is 36.3 Å². The molecule has 1 aliphatic rings. The van der Waals surface area contributed by atoms with E-state index in [1.165, 1.54) is 16.2 Å². The van der Waals surface area contributed by atoms with Crippen molar-refractivity contribution in [2.75, 3.05) is 30.5 Å². The molecule has 9 nitrogen and oxygen atoms in total. The van der Waals surface area contributed by atoms with Crippen molar-refractivity contribution in [2.24, 2.45) is 0 Å². The van der Waals surface area contributed by atoms with Gasteiger partial charge >= 0.3 is 6.09 Å². The molecule has 0 aliphatic carbocycles. The van der Waals surface area contributed by atoms with Crippen molar-refractivity contribution < 1.29 is 14.3 Å². The largest absolute Gasteiger partial charge is 0.481 e. The summed E-state index contributed by atoms with van der Waals surface area (Å²) in [5.74, 6) is 0.970. The van der Waals surface area contributed by atoms with Gasteiger partial charge in [-0.1, -0.05) is 11.3 Å². The van der Waals surface area contributed by atoms with Gasteiger partial charge in [0.15, 0.2) is 5.13 Å². The van der Waals surface area contributed by atoms with E-state index in [1.54, 1.807) is 25.6 Å². The average Bonchev–Trinajstić information content (AvgIpc) is 3.28. The number of thiazole rings is 1. The standard InChI is InChI=1S/C17H16N6O3S/c1-10-14(27-16(20-10)23-7-8-26-17(23)24)12-5-6-18-15(22-12)21-11-3-4-13(25-2)19-9-11/h3-6,9H,7-8H2,1-2H3,(H,18,21,22). The molecule has 0 unspecified atom stereocenters. The Morgan fingerprint density at radius 3 is 2.85 bits per heavy atom. The van der Waals surface area contributed by atoms with Gasteiger partial charge < -0.3 is 14.8 Å². The minimum Gasteiger partial charge on any atom is -0.481 e. The van der Waals surface area contributed by atoms with E-state index in [4.69, 9.17) is 9.47 Å².